The predicted octanol–water partition coefficient (Wildman–Crippen LogP) is 2.70. The Bertz CT molecular complexity index is 352. The predicted molar refractivity (Wildman–Crippen MR) is 65.9 cm³/mol. The Morgan fingerprint density at radius 3 is 2.19 bits per heavy atom. The van der Waals surface area contributed by atoms with Crippen LogP contribution < -0.4 is 5.32 Å². The number of para-hydroxylation sites is 1. The van der Waals surface area contributed by atoms with Crippen molar-refractivity contribution in [2.24, 2.45) is 0 Å². The van der Waals surface area contributed by atoms with Crippen LogP contribution in [0.15, 0.2) is 18.2 Å². The van der Waals surface area contributed by atoms with Gasteiger partial charge in [0.15, 0.2) is 0 Å². The molecule has 0 amide bonds. The highest BCUT2D eigenvalue weighted by Crippen LogP contribution is 2.23. The molecule has 1 aromatic carbocycles. The summed E-state index contributed by atoms with van der Waals surface area (Å²) in [6, 6.07) is 5.54. The standard InChI is InChI=1S/C13H19NO2/c1-4-10-7-6-8-11(5-2)12(10)14-9(3)13(15)16/h6-9,14H,4-5H2,1-3H3,(H,15,16). The van der Waals surface area contributed by atoms with E-state index in [0.717, 1.165) is 18.5 Å². The second-order valence-corrected chi connectivity index (χ2v) is 3.86. The minimum atomic E-state index is -0.826. The van der Waals surface area contributed by atoms with E-state index in [0.29, 0.717) is 0 Å². The van der Waals surface area contributed by atoms with Gasteiger partial charge in [-0.2, -0.15) is 0 Å². The molecule has 0 aromatic heterocycles. The zero-order valence-corrected chi connectivity index (χ0v) is 10.1. The third-order valence-corrected chi connectivity index (χ3v) is 2.73. The van der Waals surface area contributed by atoms with E-state index in [9.17, 15) is 4.79 Å². The normalized spacial score (nSPS) is 12.2. The number of hydrogen-bond donors (Lipinski definition) is 2. The van der Waals surface area contributed by atoms with Gasteiger partial charge in [-0.3, -0.25) is 4.79 Å². The topological polar surface area (TPSA) is 49.3 Å². The van der Waals surface area contributed by atoms with Crippen molar-refractivity contribution in [2.45, 2.75) is 39.7 Å². The summed E-state index contributed by atoms with van der Waals surface area (Å²) in [5.41, 5.74) is 3.34. The van der Waals surface area contributed by atoms with Gasteiger partial charge in [0, 0.05) is 5.69 Å². The zero-order valence-electron chi connectivity index (χ0n) is 10.1. The first kappa shape index (κ1) is 12.6. The van der Waals surface area contributed by atoms with Gasteiger partial charge in [0.05, 0.1) is 0 Å². The van der Waals surface area contributed by atoms with E-state index in [2.05, 4.69) is 19.2 Å². The molecule has 1 aromatic rings. The largest absolute Gasteiger partial charge is 0.480 e. The molecule has 0 aliphatic heterocycles. The fourth-order valence-corrected chi connectivity index (χ4v) is 1.71. The van der Waals surface area contributed by atoms with Crippen molar-refractivity contribution in [1.29, 1.82) is 0 Å². The van der Waals surface area contributed by atoms with Gasteiger partial charge in [0.25, 0.3) is 0 Å². The van der Waals surface area contributed by atoms with Crippen LogP contribution in [0.3, 0.4) is 0 Å². The van der Waals surface area contributed by atoms with Crippen molar-refractivity contribution in [3.8, 4) is 0 Å². The number of nitrogens with one attached hydrogen (secondary N) is 1. The number of carboxylic acid groups (broad SMARTS) is 1. The molecule has 0 saturated carbocycles. The van der Waals surface area contributed by atoms with Crippen LogP contribution in [-0.2, 0) is 17.6 Å². The molecule has 0 bridgehead atoms. The molecule has 0 aliphatic rings. The molecule has 3 nitrogen and oxygen atoms in total. The molecule has 0 saturated heterocycles. The number of aryl methyl sites for hydroxylation is 2. The van der Waals surface area contributed by atoms with Crippen molar-refractivity contribution in [2.75, 3.05) is 5.32 Å². The van der Waals surface area contributed by atoms with Gasteiger partial charge < -0.3 is 10.4 Å². The Hall–Kier alpha value is -1.51. The molecule has 1 atom stereocenters. The molecule has 88 valence electrons. The Labute approximate surface area is 96.5 Å². The Morgan fingerprint density at radius 2 is 1.81 bits per heavy atom. The summed E-state index contributed by atoms with van der Waals surface area (Å²) in [6.07, 6.45) is 1.81. The van der Waals surface area contributed by atoms with E-state index in [1.165, 1.54) is 11.1 Å². The maximum atomic E-state index is 10.8. The average Bonchev–Trinajstić information content (AvgIpc) is 2.29. The average molecular weight is 221 g/mol. The van der Waals surface area contributed by atoms with E-state index in [1.807, 2.05) is 18.2 Å². The molecule has 0 heterocycles. The van der Waals surface area contributed by atoms with E-state index >= 15 is 0 Å². The number of anilines is 1. The number of carboxylic acids is 1. The number of rotatable bonds is 5. The third-order valence-electron chi connectivity index (χ3n) is 2.73. The molecule has 0 fully saturated rings. The molecule has 1 rings (SSSR count). The maximum Gasteiger partial charge on any atom is 0.325 e. The number of benzene rings is 1. The second-order valence-electron chi connectivity index (χ2n) is 3.86. The van der Waals surface area contributed by atoms with Crippen LogP contribution in [0, 0.1) is 0 Å². The summed E-state index contributed by atoms with van der Waals surface area (Å²) in [5.74, 6) is -0.826. The number of hydrogen-bond acceptors (Lipinski definition) is 2. The van der Waals surface area contributed by atoms with E-state index in [-0.39, 0.29) is 0 Å². The molecule has 3 heteroatoms. The fraction of sp³-hybridized carbons (Fsp3) is 0.462. The van der Waals surface area contributed by atoms with Gasteiger partial charge in [-0.05, 0) is 30.9 Å². The highest BCUT2D eigenvalue weighted by Gasteiger charge is 2.14. The lowest BCUT2D eigenvalue weighted by Crippen LogP contribution is -2.26. The summed E-state index contributed by atoms with van der Waals surface area (Å²) in [5, 5.41) is 12.0. The fourth-order valence-electron chi connectivity index (χ4n) is 1.71. The monoisotopic (exact) mass is 221 g/mol. The van der Waals surface area contributed by atoms with Gasteiger partial charge in [0.1, 0.15) is 6.04 Å². The van der Waals surface area contributed by atoms with Crippen LogP contribution in [0.25, 0.3) is 0 Å². The Kier molecular flexibility index (Phi) is 4.35. The molecule has 0 radical (unpaired) electrons. The number of carbonyl (C=O) groups is 1. The van der Waals surface area contributed by atoms with Gasteiger partial charge >= 0.3 is 5.97 Å². The summed E-state index contributed by atoms with van der Waals surface area (Å²) in [7, 11) is 0. The quantitative estimate of drug-likeness (QED) is 0.803. The number of aliphatic carboxylic acids is 1. The van der Waals surface area contributed by atoms with E-state index in [4.69, 9.17) is 5.11 Å². The van der Waals surface area contributed by atoms with Crippen molar-refractivity contribution in [1.82, 2.24) is 0 Å². The first-order chi connectivity index (χ1) is 7.60. The molecule has 16 heavy (non-hydrogen) atoms. The Balaban J connectivity index is 3.04. The highest BCUT2D eigenvalue weighted by atomic mass is 16.4. The maximum absolute atomic E-state index is 10.8. The molecular weight excluding hydrogens is 202 g/mol. The lowest BCUT2D eigenvalue weighted by Gasteiger charge is -2.17. The van der Waals surface area contributed by atoms with Gasteiger partial charge in [-0.25, -0.2) is 0 Å². The first-order valence-corrected chi connectivity index (χ1v) is 5.70. The highest BCUT2D eigenvalue weighted by molar-refractivity contribution is 5.77. The van der Waals surface area contributed by atoms with Gasteiger partial charge in [-0.1, -0.05) is 32.0 Å². The summed E-state index contributed by atoms with van der Waals surface area (Å²) in [4.78, 5) is 10.8. The van der Waals surface area contributed by atoms with Crippen LogP contribution in [0.1, 0.15) is 31.9 Å². The zero-order chi connectivity index (χ0) is 12.1. The van der Waals surface area contributed by atoms with E-state index in [1.54, 1.807) is 6.92 Å². The molecular formula is C13H19NO2. The van der Waals surface area contributed by atoms with Crippen LogP contribution in [0.5, 0.6) is 0 Å². The minimum absolute atomic E-state index is 0.557. The van der Waals surface area contributed by atoms with Crippen molar-refractivity contribution in [3.63, 3.8) is 0 Å². The van der Waals surface area contributed by atoms with Crippen molar-refractivity contribution in [3.05, 3.63) is 29.3 Å². The van der Waals surface area contributed by atoms with Crippen molar-refractivity contribution < 1.29 is 9.90 Å². The summed E-state index contributed by atoms with van der Waals surface area (Å²) < 4.78 is 0. The summed E-state index contributed by atoms with van der Waals surface area (Å²) in [6.45, 7) is 5.81. The van der Waals surface area contributed by atoms with Crippen LogP contribution in [0.4, 0.5) is 5.69 Å². The minimum Gasteiger partial charge on any atom is -0.480 e. The van der Waals surface area contributed by atoms with Crippen LogP contribution >= 0.6 is 0 Å². The van der Waals surface area contributed by atoms with E-state index < -0.39 is 12.0 Å². The molecule has 1 unspecified atom stereocenters. The van der Waals surface area contributed by atoms with Gasteiger partial charge in [0.2, 0.25) is 0 Å². The summed E-state index contributed by atoms with van der Waals surface area (Å²) >= 11 is 0. The molecule has 0 spiro atoms. The lowest BCUT2D eigenvalue weighted by atomic mass is 10.0. The third kappa shape index (κ3) is 2.75. The lowest BCUT2D eigenvalue weighted by molar-refractivity contribution is -0.137. The molecule has 0 aliphatic carbocycles. The second kappa shape index (κ2) is 5.54. The molecule has 2 N–H and O–H groups in total. The smallest absolute Gasteiger partial charge is 0.325 e. The van der Waals surface area contributed by atoms with Crippen LogP contribution in [-0.4, -0.2) is 17.1 Å². The Morgan fingerprint density at radius 1 is 1.31 bits per heavy atom. The van der Waals surface area contributed by atoms with Crippen LogP contribution in [0.2, 0.25) is 0 Å². The SMILES string of the molecule is CCc1cccc(CC)c1NC(C)C(=O)O. The first-order valence-electron chi connectivity index (χ1n) is 5.70. The van der Waals surface area contributed by atoms with Crippen molar-refractivity contribution >= 4 is 11.7 Å². The van der Waals surface area contributed by atoms with Gasteiger partial charge in [-0.15, -0.1) is 0 Å².